The van der Waals surface area contributed by atoms with E-state index in [-0.39, 0.29) is 5.60 Å². The topological polar surface area (TPSA) is 22.1 Å². The van der Waals surface area contributed by atoms with Crippen LogP contribution < -0.4 is 0 Å². The molecule has 1 aliphatic heterocycles. The molecular formula is C20H29NO. The molecule has 0 bridgehead atoms. The van der Waals surface area contributed by atoms with E-state index in [1.54, 1.807) is 11.1 Å². The molecule has 0 aromatic carbocycles. The summed E-state index contributed by atoms with van der Waals surface area (Å²) in [5, 5.41) is 0. The molecule has 3 aliphatic rings. The lowest BCUT2D eigenvalue weighted by atomic mass is 9.73. The van der Waals surface area contributed by atoms with Crippen molar-refractivity contribution in [2.45, 2.75) is 90.3 Å². The minimum atomic E-state index is 0.0453. The average Bonchev–Trinajstić information content (AvgIpc) is 3.05. The van der Waals surface area contributed by atoms with E-state index in [2.05, 4.69) is 27.0 Å². The SMILES string of the molecule is CCCC1OC2(CCCC2)c2c1cnc1c2CCC(C)(C)C1. The molecule has 2 heteroatoms. The first-order valence-electron chi connectivity index (χ1n) is 9.24. The lowest BCUT2D eigenvalue weighted by molar-refractivity contribution is -0.0760. The summed E-state index contributed by atoms with van der Waals surface area (Å²) in [4.78, 5) is 4.89. The van der Waals surface area contributed by atoms with Crippen LogP contribution in [0.25, 0.3) is 0 Å². The summed E-state index contributed by atoms with van der Waals surface area (Å²) in [6.45, 7) is 7.02. The fourth-order valence-electron chi connectivity index (χ4n) is 5.00. The first-order chi connectivity index (χ1) is 10.5. The average molecular weight is 299 g/mol. The fourth-order valence-corrected chi connectivity index (χ4v) is 5.00. The van der Waals surface area contributed by atoms with Gasteiger partial charge in [0.25, 0.3) is 0 Å². The van der Waals surface area contributed by atoms with Crippen LogP contribution in [0.1, 0.15) is 94.2 Å². The van der Waals surface area contributed by atoms with Gasteiger partial charge in [0, 0.05) is 17.5 Å². The van der Waals surface area contributed by atoms with Crippen LogP contribution >= 0.6 is 0 Å². The summed E-state index contributed by atoms with van der Waals surface area (Å²) in [7, 11) is 0. The summed E-state index contributed by atoms with van der Waals surface area (Å²) in [6, 6.07) is 0. The van der Waals surface area contributed by atoms with Gasteiger partial charge in [0.1, 0.15) is 0 Å². The molecule has 2 nitrogen and oxygen atoms in total. The molecule has 1 fully saturated rings. The summed E-state index contributed by atoms with van der Waals surface area (Å²) in [6.07, 6.45) is 13.5. The number of nitrogens with zero attached hydrogens (tertiary/aromatic N) is 1. The molecule has 22 heavy (non-hydrogen) atoms. The highest BCUT2D eigenvalue weighted by molar-refractivity contribution is 5.47. The Morgan fingerprint density at radius 2 is 2.00 bits per heavy atom. The smallest absolute Gasteiger partial charge is 0.0947 e. The van der Waals surface area contributed by atoms with Gasteiger partial charge < -0.3 is 4.74 Å². The summed E-state index contributed by atoms with van der Waals surface area (Å²) >= 11 is 0. The maximum absolute atomic E-state index is 6.70. The van der Waals surface area contributed by atoms with Gasteiger partial charge in [-0.2, -0.15) is 0 Å². The van der Waals surface area contributed by atoms with Gasteiger partial charge in [-0.05, 0) is 55.1 Å². The molecule has 2 heterocycles. The normalized spacial score (nSPS) is 27.9. The van der Waals surface area contributed by atoms with Crippen molar-refractivity contribution in [1.29, 1.82) is 0 Å². The van der Waals surface area contributed by atoms with Crippen LogP contribution in [0.15, 0.2) is 6.20 Å². The van der Waals surface area contributed by atoms with Crippen LogP contribution in [-0.2, 0) is 23.2 Å². The fraction of sp³-hybridized carbons (Fsp3) is 0.750. The van der Waals surface area contributed by atoms with Crippen molar-refractivity contribution in [2.24, 2.45) is 5.41 Å². The molecule has 0 amide bonds. The Kier molecular flexibility index (Phi) is 3.38. The minimum absolute atomic E-state index is 0.0453. The van der Waals surface area contributed by atoms with Gasteiger partial charge in [0.15, 0.2) is 0 Å². The number of pyridine rings is 1. The molecule has 4 rings (SSSR count). The third-order valence-corrected chi connectivity index (χ3v) is 6.13. The van der Waals surface area contributed by atoms with E-state index in [0.29, 0.717) is 11.5 Å². The highest BCUT2D eigenvalue weighted by atomic mass is 16.5. The Balaban J connectivity index is 1.83. The minimum Gasteiger partial charge on any atom is -0.362 e. The van der Waals surface area contributed by atoms with Crippen LogP contribution in [0.4, 0.5) is 0 Å². The van der Waals surface area contributed by atoms with E-state index >= 15 is 0 Å². The Morgan fingerprint density at radius 1 is 1.23 bits per heavy atom. The van der Waals surface area contributed by atoms with Gasteiger partial charge in [-0.15, -0.1) is 0 Å². The monoisotopic (exact) mass is 299 g/mol. The van der Waals surface area contributed by atoms with Gasteiger partial charge in [-0.1, -0.05) is 40.0 Å². The third-order valence-electron chi connectivity index (χ3n) is 6.13. The maximum atomic E-state index is 6.70. The Hall–Kier alpha value is -0.890. The van der Waals surface area contributed by atoms with Crippen LogP contribution in [-0.4, -0.2) is 4.98 Å². The number of fused-ring (bicyclic) bond motifs is 4. The summed E-state index contributed by atoms with van der Waals surface area (Å²) < 4.78 is 6.70. The van der Waals surface area contributed by atoms with E-state index in [1.165, 1.54) is 56.2 Å². The van der Waals surface area contributed by atoms with Crippen molar-refractivity contribution in [1.82, 2.24) is 4.98 Å². The first kappa shape index (κ1) is 14.7. The highest BCUT2D eigenvalue weighted by Gasteiger charge is 2.49. The molecule has 1 spiro atoms. The van der Waals surface area contributed by atoms with E-state index in [4.69, 9.17) is 9.72 Å². The Labute approximate surface area is 134 Å². The summed E-state index contributed by atoms with van der Waals surface area (Å²) in [5.41, 5.74) is 6.40. The van der Waals surface area contributed by atoms with Gasteiger partial charge >= 0.3 is 0 Å². The zero-order chi connectivity index (χ0) is 15.4. The van der Waals surface area contributed by atoms with Crippen molar-refractivity contribution >= 4 is 0 Å². The highest BCUT2D eigenvalue weighted by Crippen LogP contribution is 2.56. The van der Waals surface area contributed by atoms with E-state index < -0.39 is 0 Å². The number of hydrogen-bond donors (Lipinski definition) is 0. The second kappa shape index (κ2) is 5.06. The van der Waals surface area contributed by atoms with Gasteiger partial charge in [-0.25, -0.2) is 0 Å². The molecule has 120 valence electrons. The molecule has 1 aromatic heterocycles. The number of rotatable bonds is 2. The maximum Gasteiger partial charge on any atom is 0.0947 e. The molecule has 1 saturated carbocycles. The molecular weight excluding hydrogens is 270 g/mol. The van der Waals surface area contributed by atoms with Crippen molar-refractivity contribution < 1.29 is 4.74 Å². The quantitative estimate of drug-likeness (QED) is 0.745. The van der Waals surface area contributed by atoms with E-state index in [0.717, 1.165) is 12.8 Å². The standard InChI is InChI=1S/C20H29NO/c1-4-7-17-15-13-21-16-12-19(2,3)11-8-14(16)18(15)20(22-17)9-5-6-10-20/h13,17H,4-12H2,1-3H3. The molecule has 2 aliphatic carbocycles. The first-order valence-corrected chi connectivity index (χ1v) is 9.24. The second-order valence-corrected chi connectivity index (χ2v) is 8.45. The predicted octanol–water partition coefficient (Wildman–Crippen LogP) is 5.24. The van der Waals surface area contributed by atoms with Gasteiger partial charge in [0.2, 0.25) is 0 Å². The zero-order valence-electron chi connectivity index (χ0n) is 14.4. The lowest BCUT2D eigenvalue weighted by Crippen LogP contribution is -2.28. The van der Waals surface area contributed by atoms with Crippen LogP contribution in [0, 0.1) is 5.41 Å². The zero-order valence-corrected chi connectivity index (χ0v) is 14.4. The molecule has 0 radical (unpaired) electrons. The molecule has 1 aromatic rings. The third kappa shape index (κ3) is 2.14. The van der Waals surface area contributed by atoms with Gasteiger partial charge in [-0.3, -0.25) is 4.98 Å². The Morgan fingerprint density at radius 3 is 2.73 bits per heavy atom. The van der Waals surface area contributed by atoms with E-state index in [1.807, 2.05) is 0 Å². The second-order valence-electron chi connectivity index (χ2n) is 8.45. The summed E-state index contributed by atoms with van der Waals surface area (Å²) in [5.74, 6) is 0. The lowest BCUT2D eigenvalue weighted by Gasteiger charge is -2.34. The number of aromatic nitrogens is 1. The van der Waals surface area contributed by atoms with Crippen molar-refractivity contribution in [3.05, 3.63) is 28.6 Å². The predicted molar refractivity (Wildman–Crippen MR) is 88.9 cm³/mol. The largest absolute Gasteiger partial charge is 0.362 e. The number of hydrogen-bond acceptors (Lipinski definition) is 2. The van der Waals surface area contributed by atoms with Crippen molar-refractivity contribution in [3.8, 4) is 0 Å². The van der Waals surface area contributed by atoms with Crippen molar-refractivity contribution in [3.63, 3.8) is 0 Å². The van der Waals surface area contributed by atoms with Crippen LogP contribution in [0.5, 0.6) is 0 Å². The van der Waals surface area contributed by atoms with Crippen molar-refractivity contribution in [2.75, 3.05) is 0 Å². The van der Waals surface area contributed by atoms with Gasteiger partial charge in [0.05, 0.1) is 11.7 Å². The van der Waals surface area contributed by atoms with Crippen LogP contribution in [0.2, 0.25) is 0 Å². The molecule has 0 N–H and O–H groups in total. The molecule has 0 saturated heterocycles. The molecule has 1 atom stereocenters. The number of ether oxygens (including phenoxy) is 1. The van der Waals surface area contributed by atoms with Crippen LogP contribution in [0.3, 0.4) is 0 Å². The Bertz CT molecular complexity index is 584. The molecule has 1 unspecified atom stereocenters. The van der Waals surface area contributed by atoms with E-state index in [9.17, 15) is 0 Å².